The van der Waals surface area contributed by atoms with E-state index in [0.29, 0.717) is 0 Å². The third kappa shape index (κ3) is 3.17. The van der Waals surface area contributed by atoms with Crippen LogP contribution in [0.3, 0.4) is 0 Å². The summed E-state index contributed by atoms with van der Waals surface area (Å²) in [5.74, 6) is 0. The fourth-order valence-electron chi connectivity index (χ4n) is 2.99. The largest absolute Gasteiger partial charge is 0.491 e. The molecule has 0 saturated heterocycles. The number of hydrogen-bond donors (Lipinski definition) is 4. The van der Waals surface area contributed by atoms with Gasteiger partial charge in [-0.05, 0) is 25.7 Å². The van der Waals surface area contributed by atoms with Gasteiger partial charge in [-0.15, -0.1) is 0 Å². The van der Waals surface area contributed by atoms with Crippen molar-refractivity contribution in [2.45, 2.75) is 62.4 Å². The van der Waals surface area contributed by atoms with Crippen molar-refractivity contribution in [2.75, 3.05) is 0 Å². The van der Waals surface area contributed by atoms with E-state index in [2.05, 4.69) is 0 Å². The van der Waals surface area contributed by atoms with Gasteiger partial charge in [0.05, 0.1) is 0 Å². The van der Waals surface area contributed by atoms with Gasteiger partial charge >= 0.3 is 17.6 Å². The first-order valence-corrected chi connectivity index (χ1v) is 10.3. The lowest BCUT2D eigenvalue weighted by atomic mass is 10.4. The Morgan fingerprint density at radius 1 is 0.647 bits per heavy atom. The lowest BCUT2D eigenvalue weighted by Gasteiger charge is -2.32. The fourth-order valence-corrected chi connectivity index (χ4v) is 8.41. The van der Waals surface area contributed by atoms with E-state index in [-0.39, 0.29) is 11.1 Å². The quantitative estimate of drug-likeness (QED) is 0.570. The van der Waals surface area contributed by atoms with E-state index in [1.54, 1.807) is 0 Å². The molecule has 2 aliphatic carbocycles. The summed E-state index contributed by atoms with van der Waals surface area (Å²) >= 11 is 0. The zero-order chi connectivity index (χ0) is 12.5. The molecule has 2 fully saturated rings. The molecule has 5 nitrogen and oxygen atoms in total. The van der Waals surface area contributed by atoms with Gasteiger partial charge in [-0.3, -0.25) is 0 Å². The van der Waals surface area contributed by atoms with E-state index in [9.17, 15) is 19.2 Å². The maximum atomic E-state index is 10.00. The summed E-state index contributed by atoms with van der Waals surface area (Å²) in [6.45, 7) is 0. The van der Waals surface area contributed by atoms with Crippen LogP contribution < -0.4 is 0 Å². The molecule has 2 aliphatic rings. The van der Waals surface area contributed by atoms with E-state index in [1.165, 1.54) is 0 Å². The Bertz CT molecular complexity index is 233. The van der Waals surface area contributed by atoms with Crippen LogP contribution in [0.25, 0.3) is 0 Å². The van der Waals surface area contributed by atoms with Gasteiger partial charge in [0, 0.05) is 11.1 Å². The van der Waals surface area contributed by atoms with Crippen molar-refractivity contribution in [1.82, 2.24) is 0 Å². The Kier molecular flexibility index (Phi) is 4.08. The summed E-state index contributed by atoms with van der Waals surface area (Å²) in [5.41, 5.74) is -0.509. The van der Waals surface area contributed by atoms with Crippen LogP contribution in [-0.4, -0.2) is 36.8 Å². The smallest absolute Gasteiger partial charge is 0.390 e. The molecule has 0 amide bonds. The minimum absolute atomic E-state index is 0.255. The van der Waals surface area contributed by atoms with Crippen LogP contribution in [0, 0.1) is 0 Å². The molecule has 0 radical (unpaired) electrons. The summed E-state index contributed by atoms with van der Waals surface area (Å²) in [6, 6.07) is 0. The molecular formula is C10H22O5Si2. The van der Waals surface area contributed by atoms with Crippen molar-refractivity contribution in [3.63, 3.8) is 0 Å². The van der Waals surface area contributed by atoms with Gasteiger partial charge in [-0.25, -0.2) is 0 Å². The predicted molar refractivity (Wildman–Crippen MR) is 65.9 cm³/mol. The Labute approximate surface area is 104 Å². The van der Waals surface area contributed by atoms with Crippen LogP contribution in [0.4, 0.5) is 0 Å². The third-order valence-corrected chi connectivity index (χ3v) is 9.76. The van der Waals surface area contributed by atoms with Crippen LogP contribution in [0.15, 0.2) is 0 Å². The van der Waals surface area contributed by atoms with Crippen LogP contribution in [0.1, 0.15) is 51.4 Å². The van der Waals surface area contributed by atoms with Crippen molar-refractivity contribution in [3.05, 3.63) is 0 Å². The van der Waals surface area contributed by atoms with Crippen molar-refractivity contribution in [1.29, 1.82) is 0 Å². The molecule has 0 aliphatic heterocycles. The predicted octanol–water partition coefficient (Wildman–Crippen LogP) is 0.738. The SMILES string of the molecule is O[Si](O)(O[Si](O)(O)C1CCCC1)C1CCCC1. The topological polar surface area (TPSA) is 90.2 Å². The fraction of sp³-hybridized carbons (Fsp3) is 1.00. The summed E-state index contributed by atoms with van der Waals surface area (Å²) in [6.07, 6.45) is 6.81. The normalized spacial score (nSPS) is 24.7. The Balaban J connectivity index is 1.97. The summed E-state index contributed by atoms with van der Waals surface area (Å²) in [5, 5.41) is 0. The third-order valence-electron chi connectivity index (χ3n) is 4.07. The van der Waals surface area contributed by atoms with Crippen LogP contribution in [-0.2, 0) is 4.12 Å². The highest BCUT2D eigenvalue weighted by Gasteiger charge is 2.55. The first kappa shape index (κ1) is 13.7. The Morgan fingerprint density at radius 2 is 0.941 bits per heavy atom. The summed E-state index contributed by atoms with van der Waals surface area (Å²) < 4.78 is 5.09. The van der Waals surface area contributed by atoms with E-state index in [0.717, 1.165) is 51.4 Å². The van der Waals surface area contributed by atoms with E-state index in [1.807, 2.05) is 0 Å². The molecule has 0 aromatic heterocycles. The number of rotatable bonds is 4. The van der Waals surface area contributed by atoms with Gasteiger partial charge in [0.15, 0.2) is 0 Å². The molecule has 0 aromatic carbocycles. The molecule has 0 aromatic rings. The maximum absolute atomic E-state index is 10.00. The molecule has 0 heterocycles. The van der Waals surface area contributed by atoms with Crippen molar-refractivity contribution < 1.29 is 23.3 Å². The lowest BCUT2D eigenvalue weighted by molar-refractivity contribution is 0.136. The van der Waals surface area contributed by atoms with Crippen molar-refractivity contribution in [3.8, 4) is 0 Å². The Hall–Kier alpha value is 0.234. The van der Waals surface area contributed by atoms with Gasteiger partial charge in [-0.1, -0.05) is 25.7 Å². The highest BCUT2D eigenvalue weighted by molar-refractivity contribution is 6.73. The molecule has 0 atom stereocenters. The second-order valence-corrected chi connectivity index (χ2v) is 10.5. The summed E-state index contributed by atoms with van der Waals surface area (Å²) in [7, 11) is -7.82. The van der Waals surface area contributed by atoms with E-state index >= 15 is 0 Å². The highest BCUT2D eigenvalue weighted by Crippen LogP contribution is 2.41. The molecule has 0 spiro atoms. The minimum atomic E-state index is -3.91. The standard InChI is InChI=1S/C10H22O5Si2/c11-16(12,9-5-1-2-6-9)15-17(13,14)10-7-3-4-8-10/h9-14H,1-8H2. The molecule has 4 N–H and O–H groups in total. The van der Waals surface area contributed by atoms with Crippen LogP contribution >= 0.6 is 0 Å². The molecule has 0 bridgehead atoms. The van der Waals surface area contributed by atoms with Gasteiger partial charge in [0.25, 0.3) is 0 Å². The first-order chi connectivity index (χ1) is 7.92. The van der Waals surface area contributed by atoms with Crippen LogP contribution in [0.2, 0.25) is 11.1 Å². The molecule has 7 heteroatoms. The van der Waals surface area contributed by atoms with Gasteiger partial charge in [0.2, 0.25) is 0 Å². The Morgan fingerprint density at radius 3 is 1.24 bits per heavy atom. The molecular weight excluding hydrogens is 256 g/mol. The van der Waals surface area contributed by atoms with Gasteiger partial charge in [0.1, 0.15) is 0 Å². The summed E-state index contributed by atoms with van der Waals surface area (Å²) in [4.78, 5) is 40.0. The zero-order valence-electron chi connectivity index (χ0n) is 10.0. The molecule has 2 saturated carbocycles. The van der Waals surface area contributed by atoms with Crippen molar-refractivity contribution in [2.24, 2.45) is 0 Å². The number of hydrogen-bond acceptors (Lipinski definition) is 5. The average molecular weight is 278 g/mol. The second-order valence-electron chi connectivity index (χ2n) is 5.38. The van der Waals surface area contributed by atoms with Gasteiger partial charge in [-0.2, -0.15) is 0 Å². The molecule has 0 unspecified atom stereocenters. The molecule has 100 valence electrons. The monoisotopic (exact) mass is 278 g/mol. The molecule has 17 heavy (non-hydrogen) atoms. The van der Waals surface area contributed by atoms with E-state index in [4.69, 9.17) is 4.12 Å². The highest BCUT2D eigenvalue weighted by atomic mass is 28.5. The molecule has 2 rings (SSSR count). The van der Waals surface area contributed by atoms with Gasteiger partial charge < -0.3 is 23.3 Å². The maximum Gasteiger partial charge on any atom is 0.491 e. The average Bonchev–Trinajstić information content (AvgIpc) is 2.91. The zero-order valence-corrected chi connectivity index (χ0v) is 12.0. The first-order valence-electron chi connectivity index (χ1n) is 6.51. The lowest BCUT2D eigenvalue weighted by Crippen LogP contribution is -2.57. The minimum Gasteiger partial charge on any atom is -0.390 e. The van der Waals surface area contributed by atoms with Crippen molar-refractivity contribution >= 4 is 17.6 Å². The van der Waals surface area contributed by atoms with E-state index < -0.39 is 17.6 Å². The second kappa shape index (κ2) is 5.08. The van der Waals surface area contributed by atoms with Crippen LogP contribution in [0.5, 0.6) is 0 Å².